The molecule has 0 saturated heterocycles. The smallest absolute Gasteiger partial charge is 0.116 e. The molecule has 3 aromatic carbocycles. The van der Waals surface area contributed by atoms with E-state index in [9.17, 15) is 20.4 Å². The van der Waals surface area contributed by atoms with Crippen LogP contribution in [0.5, 0.6) is 17.2 Å². The zero-order valence-corrected chi connectivity index (χ0v) is 19.3. The van der Waals surface area contributed by atoms with Crippen molar-refractivity contribution in [3.8, 4) is 17.2 Å². The van der Waals surface area contributed by atoms with Crippen LogP contribution in [0.3, 0.4) is 0 Å². The largest absolute Gasteiger partial charge is 0.508 e. The predicted molar refractivity (Wildman–Crippen MR) is 139 cm³/mol. The number of phenolic OH excluding ortho intramolecular Hbond substituents is 3. The molecule has 0 radical (unpaired) electrons. The molecular weight excluding hydrogens is 452 g/mol. The van der Waals surface area contributed by atoms with Gasteiger partial charge in [-0.3, -0.25) is 0 Å². The summed E-state index contributed by atoms with van der Waals surface area (Å²) in [6.45, 7) is 0. The summed E-state index contributed by atoms with van der Waals surface area (Å²) in [5, 5.41) is 43.4. The molecule has 6 nitrogen and oxygen atoms in total. The number of benzene rings is 3. The first-order valence-electron chi connectivity index (χ1n) is 12.1. The summed E-state index contributed by atoms with van der Waals surface area (Å²) in [7, 11) is 0. The molecule has 2 aliphatic rings. The molecule has 5 aromatic rings. The third kappa shape index (κ3) is 2.97. The molecular formula is C30H24N2O4. The highest BCUT2D eigenvalue weighted by Crippen LogP contribution is 2.54. The average molecular weight is 477 g/mol. The van der Waals surface area contributed by atoms with E-state index < -0.39 is 0 Å². The Bertz CT molecular complexity index is 1750. The highest BCUT2D eigenvalue weighted by molar-refractivity contribution is 5.94. The number of hydrogen-bond acceptors (Lipinski definition) is 4. The molecule has 0 amide bonds. The van der Waals surface area contributed by atoms with E-state index in [4.69, 9.17) is 0 Å². The van der Waals surface area contributed by atoms with Gasteiger partial charge in [0.15, 0.2) is 0 Å². The Morgan fingerprint density at radius 3 is 1.92 bits per heavy atom. The van der Waals surface area contributed by atoms with Crippen LogP contribution < -0.4 is 0 Å². The normalized spacial score (nSPS) is 19.1. The van der Waals surface area contributed by atoms with Crippen molar-refractivity contribution in [1.82, 2.24) is 9.97 Å². The second-order valence-electron chi connectivity index (χ2n) is 9.71. The van der Waals surface area contributed by atoms with Gasteiger partial charge in [0, 0.05) is 39.1 Å². The lowest BCUT2D eigenvalue weighted by atomic mass is 9.71. The van der Waals surface area contributed by atoms with E-state index in [1.54, 1.807) is 36.4 Å². The van der Waals surface area contributed by atoms with Gasteiger partial charge in [-0.1, -0.05) is 17.7 Å². The maximum absolute atomic E-state index is 10.4. The molecule has 2 atom stereocenters. The fourth-order valence-electron chi connectivity index (χ4n) is 6.15. The van der Waals surface area contributed by atoms with Crippen molar-refractivity contribution in [2.75, 3.05) is 0 Å². The third-order valence-electron chi connectivity index (χ3n) is 7.55. The fraction of sp³-hybridized carbons (Fsp3) is 0.133. The number of aliphatic hydroxyl groups is 1. The second kappa shape index (κ2) is 7.46. The van der Waals surface area contributed by atoms with Crippen molar-refractivity contribution < 1.29 is 20.4 Å². The molecule has 6 N–H and O–H groups in total. The summed E-state index contributed by atoms with van der Waals surface area (Å²) in [5.41, 5.74) is 7.82. The first-order valence-corrected chi connectivity index (χ1v) is 12.1. The van der Waals surface area contributed by atoms with Gasteiger partial charge >= 0.3 is 0 Å². The molecule has 7 rings (SSSR count). The minimum atomic E-state index is -0.253. The van der Waals surface area contributed by atoms with Gasteiger partial charge in [0.05, 0.1) is 5.92 Å². The summed E-state index contributed by atoms with van der Waals surface area (Å²) in [4.78, 5) is 7.27. The van der Waals surface area contributed by atoms with Crippen LogP contribution >= 0.6 is 0 Å². The Kier molecular flexibility index (Phi) is 4.30. The van der Waals surface area contributed by atoms with E-state index in [-0.39, 0.29) is 34.8 Å². The summed E-state index contributed by atoms with van der Waals surface area (Å²) in [6, 6.07) is 17.9. The molecule has 36 heavy (non-hydrogen) atoms. The van der Waals surface area contributed by atoms with E-state index in [1.807, 2.05) is 36.4 Å². The van der Waals surface area contributed by atoms with E-state index in [1.165, 1.54) is 0 Å². The molecule has 0 saturated carbocycles. The summed E-state index contributed by atoms with van der Waals surface area (Å²) < 4.78 is 0. The Morgan fingerprint density at radius 1 is 0.667 bits per heavy atom. The quantitative estimate of drug-likeness (QED) is 0.173. The van der Waals surface area contributed by atoms with Crippen LogP contribution in [0.4, 0.5) is 0 Å². The minimum absolute atomic E-state index is 0.180. The summed E-state index contributed by atoms with van der Waals surface area (Å²) >= 11 is 0. The maximum atomic E-state index is 10.4. The SMILES string of the molecule is OC1=CCCC(C2c3[nH]c4ccc(O)cc4c3C(c3cccc(O)c3)c3[nH]c4ccc(O)cc4c32)=C1. The minimum Gasteiger partial charge on any atom is -0.508 e. The van der Waals surface area contributed by atoms with Gasteiger partial charge in [0.1, 0.15) is 23.0 Å². The first-order chi connectivity index (χ1) is 17.5. The molecule has 2 aromatic heterocycles. The van der Waals surface area contributed by atoms with Crippen molar-refractivity contribution in [3.05, 3.63) is 112 Å². The fourth-order valence-corrected chi connectivity index (χ4v) is 6.15. The summed E-state index contributed by atoms with van der Waals surface area (Å²) in [5.74, 6) is 0.358. The Hall–Kier alpha value is -4.58. The lowest BCUT2D eigenvalue weighted by Gasteiger charge is -2.33. The summed E-state index contributed by atoms with van der Waals surface area (Å²) in [6.07, 6.45) is 5.20. The number of allylic oxidation sites excluding steroid dienone is 3. The number of aromatic hydroxyl groups is 3. The van der Waals surface area contributed by atoms with Crippen LogP contribution in [-0.2, 0) is 0 Å². The van der Waals surface area contributed by atoms with Crippen LogP contribution in [0.1, 0.15) is 52.8 Å². The molecule has 0 aliphatic heterocycles. The van der Waals surface area contributed by atoms with Crippen molar-refractivity contribution in [2.45, 2.75) is 24.7 Å². The van der Waals surface area contributed by atoms with Gasteiger partial charge in [-0.15, -0.1) is 0 Å². The number of fused-ring (bicyclic) bond motifs is 6. The number of aliphatic hydroxyl groups excluding tert-OH is 1. The lowest BCUT2D eigenvalue weighted by molar-refractivity contribution is 0.424. The van der Waals surface area contributed by atoms with Gasteiger partial charge in [0.25, 0.3) is 0 Å². The number of hydrogen-bond donors (Lipinski definition) is 6. The van der Waals surface area contributed by atoms with Crippen molar-refractivity contribution in [2.24, 2.45) is 0 Å². The zero-order chi connectivity index (χ0) is 24.6. The van der Waals surface area contributed by atoms with Crippen molar-refractivity contribution in [1.29, 1.82) is 0 Å². The Morgan fingerprint density at radius 2 is 1.28 bits per heavy atom. The second-order valence-corrected chi connectivity index (χ2v) is 9.71. The Labute approximate surface area is 206 Å². The number of H-pyrrole nitrogens is 2. The van der Waals surface area contributed by atoms with Crippen LogP contribution in [0.15, 0.2) is 84.1 Å². The van der Waals surface area contributed by atoms with Gasteiger partial charge < -0.3 is 30.4 Å². The first kappa shape index (κ1) is 20.8. The van der Waals surface area contributed by atoms with Crippen molar-refractivity contribution >= 4 is 21.8 Å². The van der Waals surface area contributed by atoms with Crippen LogP contribution in [-0.4, -0.2) is 30.4 Å². The number of rotatable bonds is 2. The zero-order valence-electron chi connectivity index (χ0n) is 19.3. The molecule has 2 aliphatic carbocycles. The van der Waals surface area contributed by atoms with Gasteiger partial charge in [-0.25, -0.2) is 0 Å². The van der Waals surface area contributed by atoms with Crippen LogP contribution in [0.25, 0.3) is 21.8 Å². The number of aromatic nitrogens is 2. The molecule has 2 heterocycles. The molecule has 0 bridgehead atoms. The van der Waals surface area contributed by atoms with E-state index >= 15 is 0 Å². The highest BCUT2D eigenvalue weighted by Gasteiger charge is 2.40. The average Bonchev–Trinajstić information content (AvgIpc) is 3.40. The van der Waals surface area contributed by atoms with Crippen LogP contribution in [0.2, 0.25) is 0 Å². The van der Waals surface area contributed by atoms with E-state index in [0.717, 1.165) is 68.3 Å². The molecule has 2 unspecified atom stereocenters. The van der Waals surface area contributed by atoms with E-state index in [2.05, 4.69) is 9.97 Å². The molecule has 0 fully saturated rings. The highest BCUT2D eigenvalue weighted by atomic mass is 16.3. The third-order valence-corrected chi connectivity index (χ3v) is 7.55. The molecule has 0 spiro atoms. The number of aromatic amines is 2. The van der Waals surface area contributed by atoms with Gasteiger partial charge in [-0.2, -0.15) is 0 Å². The van der Waals surface area contributed by atoms with E-state index in [0.29, 0.717) is 0 Å². The molecule has 6 heteroatoms. The number of phenols is 3. The topological polar surface area (TPSA) is 113 Å². The lowest BCUT2D eigenvalue weighted by Crippen LogP contribution is -2.20. The standard InChI is InChI=1S/C30H24N2O4/c33-17-5-1-3-15(11-17)25-27-21-13-19(35)7-9-23(21)32-30(27)26(16-4-2-6-18(34)12-16)28-22-14-20(36)8-10-24(22)31-29(25)28/h1,3,5-14,25-26,31-36H,2,4H2. The van der Waals surface area contributed by atoms with Gasteiger partial charge in [0.2, 0.25) is 0 Å². The number of nitrogens with one attached hydrogen (secondary N) is 2. The molecule has 178 valence electrons. The van der Waals surface area contributed by atoms with Crippen LogP contribution in [0, 0.1) is 0 Å². The monoisotopic (exact) mass is 476 g/mol. The Balaban J connectivity index is 1.63. The maximum Gasteiger partial charge on any atom is 0.116 e. The van der Waals surface area contributed by atoms with Crippen molar-refractivity contribution in [3.63, 3.8) is 0 Å². The predicted octanol–water partition coefficient (Wildman–Crippen LogP) is 6.55. The van der Waals surface area contributed by atoms with Gasteiger partial charge in [-0.05, 0) is 90.2 Å².